The van der Waals surface area contributed by atoms with Crippen molar-refractivity contribution in [2.45, 2.75) is 6.36 Å². The maximum absolute atomic E-state index is 11.9. The summed E-state index contributed by atoms with van der Waals surface area (Å²) in [5, 5.41) is 9.26. The fraction of sp³-hybridized carbons (Fsp3) is 0.250. The smallest absolute Gasteiger partial charge is 0.503 e. The Morgan fingerprint density at radius 1 is 1.50 bits per heavy atom. The summed E-state index contributed by atoms with van der Waals surface area (Å²) < 4.78 is 43.6. The third kappa shape index (κ3) is 2.75. The molecule has 1 rings (SSSR count). The first-order valence-corrected chi connectivity index (χ1v) is 3.86. The Kier molecular flexibility index (Phi) is 3.21. The van der Waals surface area contributed by atoms with E-state index in [2.05, 4.69) is 14.5 Å². The van der Waals surface area contributed by atoms with Gasteiger partial charge >= 0.3 is 6.36 Å². The lowest BCUT2D eigenvalue weighted by Crippen LogP contribution is -2.18. The number of carbonyl (C=O) groups excluding carboxylic acids is 1. The van der Waals surface area contributed by atoms with Crippen LogP contribution in [0, 0.1) is 0 Å². The van der Waals surface area contributed by atoms with Gasteiger partial charge in [0, 0.05) is 6.07 Å². The Bertz CT molecular complexity index is 405. The molecule has 8 heteroatoms. The van der Waals surface area contributed by atoms with Crippen LogP contribution < -0.4 is 9.47 Å². The van der Waals surface area contributed by atoms with Gasteiger partial charge in [-0.3, -0.25) is 4.79 Å². The molecule has 0 atom stereocenters. The van der Waals surface area contributed by atoms with Gasteiger partial charge in [0.05, 0.1) is 7.11 Å². The molecule has 1 aromatic heterocycles. The largest absolute Gasteiger partial charge is 0.574 e. The molecule has 5 nitrogen and oxygen atoms in total. The van der Waals surface area contributed by atoms with E-state index in [0.29, 0.717) is 0 Å². The second-order valence-electron chi connectivity index (χ2n) is 2.56. The lowest BCUT2D eigenvalue weighted by atomic mass is 10.3. The summed E-state index contributed by atoms with van der Waals surface area (Å²) in [6, 6.07) is 0.718. The Morgan fingerprint density at radius 3 is 2.56 bits per heavy atom. The van der Waals surface area contributed by atoms with Crippen LogP contribution in [0.15, 0.2) is 6.07 Å². The molecule has 1 N–H and O–H groups in total. The highest BCUT2D eigenvalue weighted by atomic mass is 19.4. The van der Waals surface area contributed by atoms with Gasteiger partial charge in [-0.2, -0.15) is 0 Å². The number of carbonyl (C=O) groups is 1. The highest BCUT2D eigenvalue weighted by molar-refractivity contribution is 5.78. The number of ether oxygens (including phenoxy) is 2. The predicted octanol–water partition coefficient (Wildman–Crippen LogP) is 1.51. The summed E-state index contributed by atoms with van der Waals surface area (Å²) in [5.41, 5.74) is -0.599. The van der Waals surface area contributed by atoms with Crippen LogP contribution in [-0.2, 0) is 0 Å². The number of hydrogen-bond donors (Lipinski definition) is 1. The van der Waals surface area contributed by atoms with Crippen molar-refractivity contribution in [3.05, 3.63) is 11.8 Å². The van der Waals surface area contributed by atoms with Crippen molar-refractivity contribution >= 4 is 6.29 Å². The van der Waals surface area contributed by atoms with E-state index in [-0.39, 0.29) is 12.0 Å². The summed E-state index contributed by atoms with van der Waals surface area (Å²) >= 11 is 0. The van der Waals surface area contributed by atoms with E-state index in [4.69, 9.17) is 0 Å². The van der Waals surface area contributed by atoms with E-state index in [0.717, 1.165) is 13.2 Å². The Hall–Kier alpha value is -1.99. The molecule has 0 spiro atoms. The quantitative estimate of drug-likeness (QED) is 0.807. The van der Waals surface area contributed by atoms with Crippen LogP contribution in [0.25, 0.3) is 0 Å². The fourth-order valence-electron chi connectivity index (χ4n) is 0.919. The lowest BCUT2D eigenvalue weighted by Gasteiger charge is -2.10. The highest BCUT2D eigenvalue weighted by Gasteiger charge is 2.32. The van der Waals surface area contributed by atoms with Crippen LogP contribution in [0.2, 0.25) is 0 Å². The van der Waals surface area contributed by atoms with Crippen molar-refractivity contribution in [1.82, 2.24) is 4.98 Å². The molecule has 0 aromatic carbocycles. The number of aldehydes is 1. The normalized spacial score (nSPS) is 11.0. The molecule has 0 aliphatic heterocycles. The molecule has 0 saturated heterocycles. The molecular formula is C8H6F3NO4. The van der Waals surface area contributed by atoms with Crippen LogP contribution >= 0.6 is 0 Å². The first-order chi connectivity index (χ1) is 7.37. The highest BCUT2D eigenvalue weighted by Crippen LogP contribution is 2.33. The zero-order valence-electron chi connectivity index (χ0n) is 7.91. The number of aromatic hydroxyl groups is 1. The first-order valence-electron chi connectivity index (χ1n) is 3.86. The molecule has 0 aliphatic carbocycles. The van der Waals surface area contributed by atoms with Gasteiger partial charge in [0.25, 0.3) is 0 Å². The third-order valence-corrected chi connectivity index (χ3v) is 1.51. The summed E-state index contributed by atoms with van der Waals surface area (Å²) in [5.74, 6) is -1.87. The SMILES string of the molecule is COc1cc(OC(F)(F)F)nc(C=O)c1O. The van der Waals surface area contributed by atoms with Crippen molar-refractivity contribution in [1.29, 1.82) is 0 Å². The van der Waals surface area contributed by atoms with Crippen LogP contribution in [0.3, 0.4) is 0 Å². The molecule has 0 fully saturated rings. The second-order valence-corrected chi connectivity index (χ2v) is 2.56. The maximum Gasteiger partial charge on any atom is 0.574 e. The number of nitrogens with zero attached hydrogens (tertiary/aromatic N) is 1. The van der Waals surface area contributed by atoms with Crippen LogP contribution in [0.1, 0.15) is 10.5 Å². The molecule has 0 amide bonds. The zero-order chi connectivity index (χ0) is 12.3. The second kappa shape index (κ2) is 4.25. The summed E-state index contributed by atoms with van der Waals surface area (Å²) in [7, 11) is 1.11. The van der Waals surface area contributed by atoms with Gasteiger partial charge in [-0.15, -0.1) is 13.2 Å². The van der Waals surface area contributed by atoms with E-state index < -0.39 is 23.7 Å². The van der Waals surface area contributed by atoms with Gasteiger partial charge in [0.2, 0.25) is 5.88 Å². The average molecular weight is 237 g/mol. The molecule has 0 saturated carbocycles. The molecule has 0 radical (unpaired) electrons. The minimum absolute atomic E-state index is 0.0844. The molecule has 88 valence electrons. The summed E-state index contributed by atoms with van der Waals surface area (Å²) in [6.07, 6.45) is -4.85. The molecule has 0 aliphatic rings. The minimum Gasteiger partial charge on any atom is -0.503 e. The fourth-order valence-corrected chi connectivity index (χ4v) is 0.919. The number of alkyl halides is 3. The Labute approximate surface area is 87.4 Å². The number of pyridine rings is 1. The standard InChI is InChI=1S/C8H6F3NO4/c1-15-5-2-6(16-8(9,10)11)12-4(3-13)7(5)14/h2-3,14H,1H3. The number of halogens is 3. The van der Waals surface area contributed by atoms with Gasteiger partial charge < -0.3 is 14.6 Å². The van der Waals surface area contributed by atoms with E-state index >= 15 is 0 Å². The maximum atomic E-state index is 11.9. The van der Waals surface area contributed by atoms with Crippen molar-refractivity contribution in [2.75, 3.05) is 7.11 Å². The van der Waals surface area contributed by atoms with Crippen LogP contribution in [0.4, 0.5) is 13.2 Å². The summed E-state index contributed by atoms with van der Waals surface area (Å²) in [6.45, 7) is 0. The third-order valence-electron chi connectivity index (χ3n) is 1.51. The zero-order valence-corrected chi connectivity index (χ0v) is 7.91. The number of aromatic nitrogens is 1. The van der Waals surface area contributed by atoms with Crippen LogP contribution in [-0.4, -0.2) is 29.8 Å². The monoisotopic (exact) mass is 237 g/mol. The molecular weight excluding hydrogens is 231 g/mol. The van der Waals surface area contributed by atoms with E-state index in [1.165, 1.54) is 0 Å². The van der Waals surface area contributed by atoms with Gasteiger partial charge in [0.15, 0.2) is 23.5 Å². The Balaban J connectivity index is 3.17. The first kappa shape index (κ1) is 12.1. The van der Waals surface area contributed by atoms with E-state index in [1.807, 2.05) is 0 Å². The van der Waals surface area contributed by atoms with Crippen molar-refractivity contribution < 1.29 is 32.5 Å². The summed E-state index contributed by atoms with van der Waals surface area (Å²) in [4.78, 5) is 13.5. The van der Waals surface area contributed by atoms with Gasteiger partial charge in [-0.05, 0) is 0 Å². The molecule has 16 heavy (non-hydrogen) atoms. The molecule has 1 heterocycles. The average Bonchev–Trinajstić information content (AvgIpc) is 2.18. The van der Waals surface area contributed by atoms with Gasteiger partial charge in [0.1, 0.15) is 0 Å². The van der Waals surface area contributed by atoms with Crippen molar-refractivity contribution in [3.63, 3.8) is 0 Å². The molecule has 0 unspecified atom stereocenters. The van der Waals surface area contributed by atoms with Crippen molar-refractivity contribution in [3.8, 4) is 17.4 Å². The van der Waals surface area contributed by atoms with E-state index in [9.17, 15) is 23.1 Å². The lowest BCUT2D eigenvalue weighted by molar-refractivity contribution is -0.276. The minimum atomic E-state index is -4.94. The topological polar surface area (TPSA) is 68.7 Å². The van der Waals surface area contributed by atoms with Gasteiger partial charge in [-0.25, -0.2) is 4.98 Å². The van der Waals surface area contributed by atoms with Crippen molar-refractivity contribution in [2.24, 2.45) is 0 Å². The van der Waals surface area contributed by atoms with Crippen LogP contribution in [0.5, 0.6) is 17.4 Å². The number of methoxy groups -OCH3 is 1. The van der Waals surface area contributed by atoms with E-state index in [1.54, 1.807) is 0 Å². The molecule has 1 aromatic rings. The number of rotatable bonds is 3. The predicted molar refractivity (Wildman–Crippen MR) is 44.5 cm³/mol. The number of hydrogen-bond acceptors (Lipinski definition) is 5. The molecule has 0 bridgehead atoms. The Morgan fingerprint density at radius 2 is 2.12 bits per heavy atom. The van der Waals surface area contributed by atoms with Gasteiger partial charge in [-0.1, -0.05) is 0 Å².